The summed E-state index contributed by atoms with van der Waals surface area (Å²) in [6.07, 6.45) is 3.73. The largest absolute Gasteiger partial charge is 0.303 e. The van der Waals surface area contributed by atoms with Crippen molar-refractivity contribution in [1.29, 1.82) is 0 Å². The van der Waals surface area contributed by atoms with Gasteiger partial charge in [-0.1, -0.05) is 19.1 Å². The first-order valence-corrected chi connectivity index (χ1v) is 6.21. The average molecular weight is 221 g/mol. The zero-order valence-corrected chi connectivity index (χ0v) is 9.95. The minimum absolute atomic E-state index is 0.143. The monoisotopic (exact) mass is 221 g/mol. The van der Waals surface area contributed by atoms with Crippen LogP contribution in [-0.2, 0) is 6.42 Å². The molecule has 1 aromatic rings. The lowest BCUT2D eigenvalue weighted by Crippen LogP contribution is -2.35. The molecule has 88 valence electrons. The van der Waals surface area contributed by atoms with Crippen molar-refractivity contribution < 1.29 is 4.39 Å². The number of piperidine rings is 1. The summed E-state index contributed by atoms with van der Waals surface area (Å²) in [6, 6.07) is 6.88. The van der Waals surface area contributed by atoms with E-state index >= 15 is 0 Å². The number of halogens is 1. The summed E-state index contributed by atoms with van der Waals surface area (Å²) in [4.78, 5) is 2.53. The van der Waals surface area contributed by atoms with Crippen molar-refractivity contribution in [2.75, 3.05) is 19.6 Å². The number of nitrogens with zero attached hydrogens (tertiary/aromatic N) is 1. The first-order chi connectivity index (χ1) is 7.74. The molecule has 1 aliphatic rings. The predicted octanol–water partition coefficient (Wildman–Crippen LogP) is 3.10. The molecular weight excluding hydrogens is 201 g/mol. The Morgan fingerprint density at radius 1 is 1.31 bits per heavy atom. The van der Waals surface area contributed by atoms with Gasteiger partial charge in [0.15, 0.2) is 0 Å². The van der Waals surface area contributed by atoms with Gasteiger partial charge in [0.2, 0.25) is 0 Å². The molecule has 1 aliphatic heterocycles. The third-order valence-corrected chi connectivity index (χ3v) is 3.37. The summed E-state index contributed by atoms with van der Waals surface area (Å²) >= 11 is 0. The molecule has 0 saturated carbocycles. The van der Waals surface area contributed by atoms with Crippen molar-refractivity contribution in [3.8, 4) is 0 Å². The second kappa shape index (κ2) is 5.44. The topological polar surface area (TPSA) is 3.24 Å². The SMILES string of the molecule is C[C@H]1CCCN(CCc2ccc(F)cc2)C1. The average Bonchev–Trinajstić information content (AvgIpc) is 2.28. The number of hydrogen-bond acceptors (Lipinski definition) is 1. The maximum atomic E-state index is 12.7. The Kier molecular flexibility index (Phi) is 3.94. The zero-order valence-electron chi connectivity index (χ0n) is 9.95. The Bertz CT molecular complexity index is 320. The molecular formula is C14H20FN. The summed E-state index contributed by atoms with van der Waals surface area (Å²) in [5, 5.41) is 0. The predicted molar refractivity (Wildman–Crippen MR) is 64.9 cm³/mol. The van der Waals surface area contributed by atoms with Crippen molar-refractivity contribution in [3.05, 3.63) is 35.6 Å². The Labute approximate surface area is 97.3 Å². The molecule has 1 heterocycles. The van der Waals surface area contributed by atoms with Crippen LogP contribution in [0.4, 0.5) is 4.39 Å². The quantitative estimate of drug-likeness (QED) is 0.758. The molecule has 1 fully saturated rings. The van der Waals surface area contributed by atoms with Gasteiger partial charge in [-0.25, -0.2) is 4.39 Å². The first kappa shape index (κ1) is 11.6. The van der Waals surface area contributed by atoms with Crippen LogP contribution in [0.2, 0.25) is 0 Å². The third kappa shape index (κ3) is 3.31. The van der Waals surface area contributed by atoms with Gasteiger partial charge in [0.05, 0.1) is 0 Å². The van der Waals surface area contributed by atoms with E-state index in [1.54, 1.807) is 12.1 Å². The van der Waals surface area contributed by atoms with Crippen LogP contribution in [0.25, 0.3) is 0 Å². The van der Waals surface area contributed by atoms with Gasteiger partial charge in [-0.2, -0.15) is 0 Å². The molecule has 0 spiro atoms. The Balaban J connectivity index is 1.80. The Hall–Kier alpha value is -0.890. The fourth-order valence-electron chi connectivity index (χ4n) is 2.43. The lowest BCUT2D eigenvalue weighted by atomic mass is 10.00. The molecule has 0 radical (unpaired) electrons. The van der Waals surface area contributed by atoms with Gasteiger partial charge in [-0.05, 0) is 49.4 Å². The molecule has 0 unspecified atom stereocenters. The van der Waals surface area contributed by atoms with Crippen LogP contribution < -0.4 is 0 Å². The Morgan fingerprint density at radius 3 is 2.75 bits per heavy atom. The second-order valence-electron chi connectivity index (χ2n) is 4.92. The van der Waals surface area contributed by atoms with Gasteiger partial charge < -0.3 is 4.90 Å². The minimum atomic E-state index is -0.143. The van der Waals surface area contributed by atoms with Crippen LogP contribution in [0.5, 0.6) is 0 Å². The van der Waals surface area contributed by atoms with E-state index in [0.29, 0.717) is 0 Å². The third-order valence-electron chi connectivity index (χ3n) is 3.37. The van der Waals surface area contributed by atoms with E-state index in [1.807, 2.05) is 12.1 Å². The van der Waals surface area contributed by atoms with Crippen molar-refractivity contribution >= 4 is 0 Å². The summed E-state index contributed by atoms with van der Waals surface area (Å²) in [6.45, 7) is 5.88. The maximum Gasteiger partial charge on any atom is 0.123 e. The van der Waals surface area contributed by atoms with Crippen molar-refractivity contribution in [3.63, 3.8) is 0 Å². The zero-order chi connectivity index (χ0) is 11.4. The molecule has 2 rings (SSSR count). The highest BCUT2D eigenvalue weighted by molar-refractivity contribution is 5.16. The van der Waals surface area contributed by atoms with E-state index < -0.39 is 0 Å². The van der Waals surface area contributed by atoms with Crippen LogP contribution in [0.15, 0.2) is 24.3 Å². The van der Waals surface area contributed by atoms with Gasteiger partial charge in [0, 0.05) is 13.1 Å². The standard InChI is InChI=1S/C14H20FN/c1-12-3-2-9-16(11-12)10-8-13-4-6-14(15)7-5-13/h4-7,12H,2-3,8-11H2,1H3/t12-/m0/s1. The van der Waals surface area contributed by atoms with E-state index in [2.05, 4.69) is 11.8 Å². The molecule has 0 aliphatic carbocycles. The van der Waals surface area contributed by atoms with E-state index in [1.165, 1.54) is 31.5 Å². The van der Waals surface area contributed by atoms with Gasteiger partial charge in [0.25, 0.3) is 0 Å². The normalized spacial score (nSPS) is 22.2. The van der Waals surface area contributed by atoms with Gasteiger partial charge >= 0.3 is 0 Å². The van der Waals surface area contributed by atoms with Crippen LogP contribution in [-0.4, -0.2) is 24.5 Å². The lowest BCUT2D eigenvalue weighted by molar-refractivity contribution is 0.186. The molecule has 0 amide bonds. The van der Waals surface area contributed by atoms with E-state index in [9.17, 15) is 4.39 Å². The van der Waals surface area contributed by atoms with E-state index in [4.69, 9.17) is 0 Å². The molecule has 0 aromatic heterocycles. The fourth-order valence-corrected chi connectivity index (χ4v) is 2.43. The fraction of sp³-hybridized carbons (Fsp3) is 0.571. The van der Waals surface area contributed by atoms with Crippen LogP contribution in [0, 0.1) is 11.7 Å². The molecule has 16 heavy (non-hydrogen) atoms. The van der Waals surface area contributed by atoms with Crippen LogP contribution >= 0.6 is 0 Å². The smallest absolute Gasteiger partial charge is 0.123 e. The number of rotatable bonds is 3. The molecule has 1 atom stereocenters. The summed E-state index contributed by atoms with van der Waals surface area (Å²) in [5.41, 5.74) is 1.24. The molecule has 0 N–H and O–H groups in total. The minimum Gasteiger partial charge on any atom is -0.303 e. The highest BCUT2D eigenvalue weighted by Crippen LogP contribution is 2.15. The van der Waals surface area contributed by atoms with E-state index in [-0.39, 0.29) is 5.82 Å². The van der Waals surface area contributed by atoms with Gasteiger partial charge in [-0.3, -0.25) is 0 Å². The van der Waals surface area contributed by atoms with Gasteiger partial charge in [0.1, 0.15) is 5.82 Å². The van der Waals surface area contributed by atoms with Crippen molar-refractivity contribution in [2.45, 2.75) is 26.2 Å². The molecule has 2 heteroatoms. The first-order valence-electron chi connectivity index (χ1n) is 6.21. The highest BCUT2D eigenvalue weighted by atomic mass is 19.1. The van der Waals surface area contributed by atoms with E-state index in [0.717, 1.165) is 18.9 Å². The summed E-state index contributed by atoms with van der Waals surface area (Å²) in [5.74, 6) is 0.692. The number of benzene rings is 1. The molecule has 1 nitrogen and oxygen atoms in total. The van der Waals surface area contributed by atoms with Crippen LogP contribution in [0.3, 0.4) is 0 Å². The maximum absolute atomic E-state index is 12.7. The second-order valence-corrected chi connectivity index (χ2v) is 4.92. The summed E-state index contributed by atoms with van der Waals surface area (Å²) in [7, 11) is 0. The molecule has 0 bridgehead atoms. The number of likely N-dealkylation sites (tertiary alicyclic amines) is 1. The number of hydrogen-bond donors (Lipinski definition) is 0. The van der Waals surface area contributed by atoms with Crippen LogP contribution in [0.1, 0.15) is 25.3 Å². The molecule has 1 saturated heterocycles. The van der Waals surface area contributed by atoms with Gasteiger partial charge in [-0.15, -0.1) is 0 Å². The van der Waals surface area contributed by atoms with Crippen molar-refractivity contribution in [1.82, 2.24) is 4.90 Å². The highest BCUT2D eigenvalue weighted by Gasteiger charge is 2.15. The molecule has 1 aromatic carbocycles. The summed E-state index contributed by atoms with van der Waals surface area (Å²) < 4.78 is 12.7. The lowest BCUT2D eigenvalue weighted by Gasteiger charge is -2.30. The van der Waals surface area contributed by atoms with Crippen molar-refractivity contribution in [2.24, 2.45) is 5.92 Å². The Morgan fingerprint density at radius 2 is 2.06 bits per heavy atom.